The number of sulfonamides is 1. The summed E-state index contributed by atoms with van der Waals surface area (Å²) >= 11 is 12.9. The van der Waals surface area contributed by atoms with Crippen LogP contribution in [0.15, 0.2) is 42.5 Å². The Hall–Kier alpha value is -2.29. The van der Waals surface area contributed by atoms with Gasteiger partial charge in [-0.05, 0) is 112 Å². The van der Waals surface area contributed by atoms with E-state index in [0.29, 0.717) is 27.7 Å². The van der Waals surface area contributed by atoms with E-state index < -0.39 is 28.5 Å². The first-order valence-electron chi connectivity index (χ1n) is 15.4. The van der Waals surface area contributed by atoms with Crippen LogP contribution >= 0.6 is 23.2 Å². The lowest BCUT2D eigenvalue weighted by molar-refractivity contribution is -0.140. The molecule has 1 unspecified atom stereocenters. The number of nitrogens with one attached hydrogen (secondary N) is 1. The molecule has 0 aliphatic heterocycles. The molecule has 234 valence electrons. The number of carbonyl (C=O) groups is 2. The highest BCUT2D eigenvalue weighted by Gasteiger charge is 2.51. The van der Waals surface area contributed by atoms with Gasteiger partial charge in [0, 0.05) is 28.2 Å². The molecule has 1 atom stereocenters. The maximum absolute atomic E-state index is 14.0. The van der Waals surface area contributed by atoms with Crippen LogP contribution in [0.4, 0.5) is 5.69 Å². The first-order valence-corrected chi connectivity index (χ1v) is 18.0. The van der Waals surface area contributed by atoms with E-state index in [2.05, 4.69) is 17.4 Å². The highest BCUT2D eigenvalue weighted by atomic mass is 35.5. The van der Waals surface area contributed by atoms with E-state index in [1.807, 2.05) is 32.9 Å². The monoisotopic (exact) mass is 647 g/mol. The predicted molar refractivity (Wildman–Crippen MR) is 173 cm³/mol. The molecule has 1 N–H and O–H groups in total. The van der Waals surface area contributed by atoms with E-state index >= 15 is 0 Å². The molecule has 4 aliphatic carbocycles. The van der Waals surface area contributed by atoms with Crippen LogP contribution in [0.2, 0.25) is 10.0 Å². The van der Waals surface area contributed by atoms with Crippen molar-refractivity contribution in [3.63, 3.8) is 0 Å². The van der Waals surface area contributed by atoms with E-state index in [-0.39, 0.29) is 23.9 Å². The second-order valence-corrected chi connectivity index (χ2v) is 16.0. The molecule has 6 rings (SSSR count). The smallest absolute Gasteiger partial charge is 0.244 e. The van der Waals surface area contributed by atoms with Gasteiger partial charge in [0.05, 0.1) is 11.9 Å². The van der Waals surface area contributed by atoms with Crippen LogP contribution in [-0.2, 0) is 31.6 Å². The van der Waals surface area contributed by atoms with Crippen molar-refractivity contribution >= 4 is 50.7 Å². The van der Waals surface area contributed by atoms with Crippen molar-refractivity contribution in [1.29, 1.82) is 0 Å². The average Bonchev–Trinajstić information content (AvgIpc) is 2.91. The predicted octanol–water partition coefficient (Wildman–Crippen LogP) is 6.56. The lowest BCUT2D eigenvalue weighted by Crippen LogP contribution is -2.53. The normalized spacial score (nSPS) is 25.0. The van der Waals surface area contributed by atoms with Crippen molar-refractivity contribution in [1.82, 2.24) is 10.2 Å². The quantitative estimate of drug-likeness (QED) is 0.299. The molecule has 7 nitrogen and oxygen atoms in total. The summed E-state index contributed by atoms with van der Waals surface area (Å²) < 4.78 is 27.4. The minimum Gasteiger partial charge on any atom is -0.352 e. The number of amides is 2. The minimum atomic E-state index is -3.83. The van der Waals surface area contributed by atoms with Gasteiger partial charge in [0.1, 0.15) is 12.6 Å². The molecule has 4 aliphatic rings. The molecule has 4 fully saturated rings. The van der Waals surface area contributed by atoms with E-state index in [9.17, 15) is 18.0 Å². The van der Waals surface area contributed by atoms with Crippen molar-refractivity contribution < 1.29 is 18.0 Å². The van der Waals surface area contributed by atoms with Crippen molar-refractivity contribution in [3.8, 4) is 0 Å². The molecule has 0 heterocycles. The second kappa shape index (κ2) is 12.6. The zero-order valence-electron chi connectivity index (χ0n) is 25.5. The average molecular weight is 649 g/mol. The molecule has 2 aromatic rings. The number of rotatable bonds is 11. The van der Waals surface area contributed by atoms with Crippen LogP contribution in [0.25, 0.3) is 0 Å². The van der Waals surface area contributed by atoms with Crippen LogP contribution in [0.1, 0.15) is 76.8 Å². The highest BCUT2D eigenvalue weighted by Crippen LogP contribution is 2.60. The minimum absolute atomic E-state index is 0.0378. The van der Waals surface area contributed by atoms with Crippen molar-refractivity contribution in [2.45, 2.75) is 89.8 Å². The topological polar surface area (TPSA) is 86.8 Å². The molecule has 0 radical (unpaired) electrons. The Labute approximate surface area is 266 Å². The summed E-state index contributed by atoms with van der Waals surface area (Å²) in [5, 5.41) is 3.62. The molecule has 43 heavy (non-hydrogen) atoms. The van der Waals surface area contributed by atoms with Gasteiger partial charge in [-0.3, -0.25) is 13.9 Å². The molecule has 4 saturated carbocycles. The van der Waals surface area contributed by atoms with Crippen LogP contribution in [0, 0.1) is 17.8 Å². The third-order valence-corrected chi connectivity index (χ3v) is 11.5. The van der Waals surface area contributed by atoms with Crippen molar-refractivity contribution in [3.05, 3.63) is 63.6 Å². The number of halogens is 2. The van der Waals surface area contributed by atoms with Gasteiger partial charge in [-0.25, -0.2) is 8.42 Å². The first kappa shape index (κ1) is 32.1. The van der Waals surface area contributed by atoms with Crippen LogP contribution in [0.3, 0.4) is 0 Å². The standard InChI is InChI=1S/C33H43Cl2N3O4S/c1-5-30(32(40)36-21(2)3)37(19-27-28(34)7-6-8-29(27)35)31(39)20-38(43(4,41)42)26-11-9-25(10-12-26)33-16-22-13-23(17-33)15-24(14-22)18-33/h6-12,21-24,30H,5,13-20H2,1-4H3,(H,36,40). The fraction of sp³-hybridized carbons (Fsp3) is 0.576. The lowest BCUT2D eigenvalue weighted by Gasteiger charge is -2.57. The van der Waals surface area contributed by atoms with E-state index in [1.54, 1.807) is 18.2 Å². The van der Waals surface area contributed by atoms with E-state index in [0.717, 1.165) is 28.3 Å². The summed E-state index contributed by atoms with van der Waals surface area (Å²) in [4.78, 5) is 28.7. The Morgan fingerprint density at radius 3 is 1.95 bits per heavy atom. The molecule has 10 heteroatoms. The zero-order valence-corrected chi connectivity index (χ0v) is 27.8. The Kier molecular flexibility index (Phi) is 9.41. The number of nitrogens with zero attached hydrogens (tertiary/aromatic N) is 2. The van der Waals surface area contributed by atoms with Gasteiger partial charge in [-0.1, -0.05) is 48.3 Å². The number of hydrogen-bond donors (Lipinski definition) is 1. The molecule has 0 saturated heterocycles. The van der Waals surface area contributed by atoms with Gasteiger partial charge < -0.3 is 10.2 Å². The number of anilines is 1. The molecule has 2 aromatic carbocycles. The summed E-state index contributed by atoms with van der Waals surface area (Å²) in [5.41, 5.74) is 2.39. The zero-order chi connectivity index (χ0) is 31.1. The third-order valence-electron chi connectivity index (χ3n) is 9.69. The van der Waals surface area contributed by atoms with Gasteiger partial charge in [-0.2, -0.15) is 0 Å². The van der Waals surface area contributed by atoms with Gasteiger partial charge in [0.2, 0.25) is 21.8 Å². The summed E-state index contributed by atoms with van der Waals surface area (Å²) in [5.74, 6) is 1.56. The molecule has 4 bridgehead atoms. The van der Waals surface area contributed by atoms with Crippen molar-refractivity contribution in [2.24, 2.45) is 17.8 Å². The van der Waals surface area contributed by atoms with E-state index in [4.69, 9.17) is 23.2 Å². The van der Waals surface area contributed by atoms with E-state index in [1.165, 1.54) is 49.0 Å². The van der Waals surface area contributed by atoms with Gasteiger partial charge in [0.25, 0.3) is 0 Å². The summed E-state index contributed by atoms with van der Waals surface area (Å²) in [7, 11) is -3.83. The lowest BCUT2D eigenvalue weighted by atomic mass is 9.48. The molecular formula is C33H43Cl2N3O4S. The Balaban J connectivity index is 1.43. The maximum atomic E-state index is 14.0. The van der Waals surface area contributed by atoms with Crippen LogP contribution in [0.5, 0.6) is 0 Å². The van der Waals surface area contributed by atoms with Gasteiger partial charge >= 0.3 is 0 Å². The molecular weight excluding hydrogens is 605 g/mol. The second-order valence-electron chi connectivity index (χ2n) is 13.3. The first-order chi connectivity index (χ1) is 20.3. The summed E-state index contributed by atoms with van der Waals surface area (Å²) in [6, 6.07) is 11.9. The fourth-order valence-electron chi connectivity index (χ4n) is 8.21. The van der Waals surface area contributed by atoms with Crippen molar-refractivity contribution in [2.75, 3.05) is 17.1 Å². The van der Waals surface area contributed by atoms with Crippen LogP contribution < -0.4 is 9.62 Å². The largest absolute Gasteiger partial charge is 0.352 e. The summed E-state index contributed by atoms with van der Waals surface area (Å²) in [6.45, 7) is 5.02. The number of hydrogen-bond acceptors (Lipinski definition) is 4. The van der Waals surface area contributed by atoms with Gasteiger partial charge in [-0.15, -0.1) is 0 Å². The fourth-order valence-corrected chi connectivity index (χ4v) is 9.58. The number of benzene rings is 2. The Bertz CT molecular complexity index is 1410. The molecule has 0 spiro atoms. The number of carbonyl (C=O) groups excluding carboxylic acids is 2. The molecule has 2 amide bonds. The Morgan fingerprint density at radius 2 is 1.49 bits per heavy atom. The Morgan fingerprint density at radius 1 is 0.953 bits per heavy atom. The highest BCUT2D eigenvalue weighted by molar-refractivity contribution is 7.92. The summed E-state index contributed by atoms with van der Waals surface area (Å²) in [6.07, 6.45) is 9.12. The maximum Gasteiger partial charge on any atom is 0.244 e. The SMILES string of the molecule is CCC(C(=O)NC(C)C)N(Cc1c(Cl)cccc1Cl)C(=O)CN(c1ccc(C23CC4CC(CC(C4)C2)C3)cc1)S(C)(=O)=O. The molecule has 0 aromatic heterocycles. The van der Waals surface area contributed by atoms with Crippen LogP contribution in [-0.4, -0.2) is 50.0 Å². The van der Waals surface area contributed by atoms with Gasteiger partial charge in [0.15, 0.2) is 0 Å². The third kappa shape index (κ3) is 6.86.